The number of rotatable bonds is 7. The van der Waals surface area contributed by atoms with Crippen molar-refractivity contribution in [2.45, 2.75) is 19.5 Å². The van der Waals surface area contributed by atoms with Crippen LogP contribution < -0.4 is 14.8 Å². The summed E-state index contributed by atoms with van der Waals surface area (Å²) in [6.45, 7) is 5.85. The maximum Gasteiger partial charge on any atom is 0.295 e. The number of aryl methyl sites for hydroxylation is 1. The minimum absolute atomic E-state index is 0.121. The third-order valence-electron chi connectivity index (χ3n) is 5.17. The van der Waals surface area contributed by atoms with Crippen LogP contribution in [0.3, 0.4) is 0 Å². The molecule has 1 aliphatic heterocycles. The van der Waals surface area contributed by atoms with Crippen LogP contribution in [0.5, 0.6) is 5.75 Å². The fourth-order valence-corrected chi connectivity index (χ4v) is 3.67. The normalized spacial score (nSPS) is 17.5. The molecule has 1 N–H and O–H groups in total. The molecule has 1 unspecified atom stereocenters. The minimum atomic E-state index is -0.909. The molecular weight excluding hydrogens is 408 g/mol. The van der Waals surface area contributed by atoms with Crippen molar-refractivity contribution in [3.05, 3.63) is 102 Å². The van der Waals surface area contributed by atoms with E-state index in [2.05, 4.69) is 11.6 Å². The number of hydrogen-bond acceptors (Lipinski definition) is 5. The first-order valence-electron chi connectivity index (χ1n) is 10.1. The predicted octanol–water partition coefficient (Wildman–Crippen LogP) is 2.39. The molecule has 3 heterocycles. The fraction of sp³-hybridized carbons (Fsp3) is 0.160. The van der Waals surface area contributed by atoms with Crippen molar-refractivity contribution in [2.24, 2.45) is 0 Å². The van der Waals surface area contributed by atoms with Crippen molar-refractivity contribution in [2.75, 3.05) is 6.61 Å². The van der Waals surface area contributed by atoms with Crippen molar-refractivity contribution in [1.29, 1.82) is 0 Å². The first-order valence-corrected chi connectivity index (χ1v) is 10.1. The van der Waals surface area contributed by atoms with Crippen LogP contribution in [0, 0.1) is 6.92 Å². The summed E-state index contributed by atoms with van der Waals surface area (Å²) in [4.78, 5) is 30.3. The van der Waals surface area contributed by atoms with Gasteiger partial charge in [-0.25, -0.2) is 4.98 Å². The number of hydrogen-bond donors (Lipinski definition) is 0. The lowest BCUT2D eigenvalue weighted by Gasteiger charge is -2.25. The van der Waals surface area contributed by atoms with E-state index in [9.17, 15) is 14.7 Å². The van der Waals surface area contributed by atoms with E-state index in [1.54, 1.807) is 67.9 Å². The van der Waals surface area contributed by atoms with Gasteiger partial charge in [0.1, 0.15) is 29.9 Å². The maximum atomic E-state index is 13.4. The quantitative estimate of drug-likeness (QED) is 0.248. The monoisotopic (exact) mass is 430 g/mol. The highest BCUT2D eigenvalue weighted by atomic mass is 16.5. The van der Waals surface area contributed by atoms with E-state index in [1.165, 1.54) is 4.90 Å². The van der Waals surface area contributed by atoms with Gasteiger partial charge >= 0.3 is 0 Å². The molecule has 2 aromatic heterocycles. The zero-order chi connectivity index (χ0) is 22.7. The van der Waals surface area contributed by atoms with E-state index in [-0.39, 0.29) is 17.7 Å². The molecular formula is C25H22N2O5. The Morgan fingerprint density at radius 2 is 2.00 bits per heavy atom. The van der Waals surface area contributed by atoms with Gasteiger partial charge in [-0.2, -0.15) is 0 Å². The third kappa shape index (κ3) is 4.05. The Kier molecular flexibility index (Phi) is 5.89. The van der Waals surface area contributed by atoms with Crippen LogP contribution in [0.25, 0.3) is 5.76 Å². The Morgan fingerprint density at radius 3 is 2.62 bits per heavy atom. The molecule has 7 nitrogen and oxygen atoms in total. The van der Waals surface area contributed by atoms with Crippen LogP contribution in [0.1, 0.15) is 28.7 Å². The third-order valence-corrected chi connectivity index (χ3v) is 5.17. The molecule has 0 bridgehead atoms. The Balaban J connectivity index is 1.77. The Hall–Kier alpha value is -4.13. The molecule has 7 heteroatoms. The van der Waals surface area contributed by atoms with Crippen molar-refractivity contribution in [3.63, 3.8) is 0 Å². The van der Waals surface area contributed by atoms with E-state index < -0.39 is 23.5 Å². The summed E-state index contributed by atoms with van der Waals surface area (Å²) in [5.74, 6) is -0.505. The van der Waals surface area contributed by atoms with Gasteiger partial charge in [-0.1, -0.05) is 30.5 Å². The Labute approximate surface area is 185 Å². The fourth-order valence-electron chi connectivity index (χ4n) is 3.67. The predicted molar refractivity (Wildman–Crippen MR) is 114 cm³/mol. The zero-order valence-electron chi connectivity index (χ0n) is 17.5. The average Bonchev–Trinajstić information content (AvgIpc) is 3.34. The van der Waals surface area contributed by atoms with Crippen molar-refractivity contribution < 1.29 is 28.8 Å². The zero-order valence-corrected chi connectivity index (χ0v) is 17.5. The van der Waals surface area contributed by atoms with Crippen LogP contribution in [-0.4, -0.2) is 23.2 Å². The molecule has 1 saturated heterocycles. The van der Waals surface area contributed by atoms with E-state index in [0.29, 0.717) is 23.9 Å². The SMILES string of the molecule is C=CCOc1ccc(/C([O-])=C2\C(=O)C(=O)N(Cc3ccc[nH+]c3)C2c2ccc(C)o2)cc1. The van der Waals surface area contributed by atoms with E-state index in [1.807, 2.05) is 6.07 Å². The molecule has 1 atom stereocenters. The van der Waals surface area contributed by atoms with Gasteiger partial charge in [-0.05, 0) is 42.8 Å². The molecule has 162 valence electrons. The van der Waals surface area contributed by atoms with Gasteiger partial charge in [0.15, 0.2) is 12.4 Å². The number of nitrogens with zero attached hydrogens (tertiary/aromatic N) is 1. The van der Waals surface area contributed by atoms with E-state index >= 15 is 0 Å². The van der Waals surface area contributed by atoms with E-state index in [4.69, 9.17) is 9.15 Å². The van der Waals surface area contributed by atoms with Crippen LogP contribution in [0.2, 0.25) is 0 Å². The lowest BCUT2D eigenvalue weighted by molar-refractivity contribution is -0.378. The van der Waals surface area contributed by atoms with Crippen molar-refractivity contribution in [3.8, 4) is 5.75 Å². The number of pyridine rings is 1. The number of H-pyrrole nitrogens is 1. The number of aromatic amines is 1. The van der Waals surface area contributed by atoms with Crippen LogP contribution >= 0.6 is 0 Å². The highest BCUT2D eigenvalue weighted by molar-refractivity contribution is 6.46. The summed E-state index contributed by atoms with van der Waals surface area (Å²) in [6, 6.07) is 12.6. The van der Waals surface area contributed by atoms with Gasteiger partial charge in [-0.15, -0.1) is 0 Å². The van der Waals surface area contributed by atoms with Gasteiger partial charge in [0.05, 0.1) is 6.54 Å². The molecule has 1 aliphatic rings. The molecule has 1 fully saturated rings. The number of ketones is 1. The number of furan rings is 1. The molecule has 32 heavy (non-hydrogen) atoms. The van der Waals surface area contributed by atoms with Gasteiger partial charge in [0.25, 0.3) is 5.91 Å². The lowest BCUT2D eigenvalue weighted by atomic mass is 9.99. The second-order valence-corrected chi connectivity index (χ2v) is 7.39. The number of amides is 1. The second-order valence-electron chi connectivity index (χ2n) is 7.39. The molecule has 0 saturated carbocycles. The first-order chi connectivity index (χ1) is 15.5. The molecule has 1 amide bonds. The van der Waals surface area contributed by atoms with Crippen molar-refractivity contribution >= 4 is 17.4 Å². The number of ether oxygens (including phenoxy) is 1. The summed E-state index contributed by atoms with van der Waals surface area (Å²) in [5.41, 5.74) is 0.957. The summed E-state index contributed by atoms with van der Waals surface area (Å²) in [7, 11) is 0. The number of aromatic nitrogens is 1. The largest absolute Gasteiger partial charge is 0.872 e. The summed E-state index contributed by atoms with van der Waals surface area (Å²) < 4.78 is 11.2. The molecule has 4 rings (SSSR count). The smallest absolute Gasteiger partial charge is 0.295 e. The molecule has 0 radical (unpaired) electrons. The summed E-state index contributed by atoms with van der Waals surface area (Å²) in [5, 5.41) is 13.4. The topological polar surface area (TPSA) is 97.0 Å². The first kappa shape index (κ1) is 21.1. The number of carbonyl (C=O) groups excluding carboxylic acids is 2. The maximum absolute atomic E-state index is 13.4. The highest BCUT2D eigenvalue weighted by Crippen LogP contribution is 2.40. The Bertz CT molecular complexity index is 1180. The second kappa shape index (κ2) is 8.93. The molecule has 1 aromatic carbocycles. The number of likely N-dealkylation sites (tertiary alicyclic amines) is 1. The van der Waals surface area contributed by atoms with E-state index in [0.717, 1.165) is 5.56 Å². The number of carbonyl (C=O) groups is 2. The van der Waals surface area contributed by atoms with Gasteiger partial charge in [0.2, 0.25) is 5.78 Å². The van der Waals surface area contributed by atoms with Crippen LogP contribution in [-0.2, 0) is 16.1 Å². The van der Waals surface area contributed by atoms with Gasteiger partial charge in [0, 0.05) is 17.2 Å². The molecule has 0 aliphatic carbocycles. The molecule has 0 spiro atoms. The van der Waals surface area contributed by atoms with Crippen molar-refractivity contribution in [1.82, 2.24) is 4.90 Å². The summed E-state index contributed by atoms with van der Waals surface area (Å²) >= 11 is 0. The Morgan fingerprint density at radius 1 is 1.22 bits per heavy atom. The number of nitrogens with one attached hydrogen (secondary N) is 1. The van der Waals surface area contributed by atoms with Crippen LogP contribution in [0.15, 0.2) is 83.6 Å². The van der Waals surface area contributed by atoms with Crippen LogP contribution in [0.4, 0.5) is 0 Å². The average molecular weight is 430 g/mol. The highest BCUT2D eigenvalue weighted by Gasteiger charge is 2.45. The summed E-state index contributed by atoms with van der Waals surface area (Å²) in [6.07, 6.45) is 5.11. The van der Waals surface area contributed by atoms with Gasteiger partial charge < -0.3 is 19.2 Å². The standard InChI is InChI=1S/C25H22N2O5/c1-3-13-31-19-9-7-18(8-10-19)23(28)21-22(20-11-6-16(2)32-20)27(25(30)24(21)29)15-17-5-4-12-26-14-17/h3-12,14,22,28H,1,13,15H2,2H3/b23-21+. The van der Waals surface area contributed by atoms with Gasteiger partial charge in [-0.3, -0.25) is 9.59 Å². The number of Topliss-reactive ketones (excluding diaryl/α,β-unsaturated/α-hetero) is 1. The molecule has 3 aromatic rings. The number of benzene rings is 1. The lowest BCUT2D eigenvalue weighted by Crippen LogP contribution is -2.29. The minimum Gasteiger partial charge on any atom is -0.872 e.